The van der Waals surface area contributed by atoms with Gasteiger partial charge in [0, 0.05) is 12.5 Å². The third kappa shape index (κ3) is 7.76. The minimum atomic E-state index is -0.812. The first kappa shape index (κ1) is 16.5. The molecule has 1 aliphatic rings. The van der Waals surface area contributed by atoms with Crippen LogP contribution in [0.1, 0.15) is 64.7 Å². The Morgan fingerprint density at radius 1 is 0.900 bits per heavy atom. The van der Waals surface area contributed by atoms with Crippen molar-refractivity contribution in [2.45, 2.75) is 70.8 Å². The van der Waals surface area contributed by atoms with Crippen LogP contribution >= 0.6 is 0 Å². The quantitative estimate of drug-likeness (QED) is 0.355. The van der Waals surface area contributed by atoms with Crippen molar-refractivity contribution in [3.63, 3.8) is 0 Å². The second-order valence-corrected chi connectivity index (χ2v) is 5.27. The number of hydrogen-bond donors (Lipinski definition) is 3. The molecule has 0 aromatic rings. The van der Waals surface area contributed by atoms with Gasteiger partial charge in [-0.2, -0.15) is 0 Å². The normalized spacial score (nSPS) is 13.7. The number of hydrazine groups is 1. The molecule has 3 amide bonds. The maximum Gasteiger partial charge on any atom is 0.327 e. The summed E-state index contributed by atoms with van der Waals surface area (Å²) < 4.78 is 0. The molecule has 1 rings (SSSR count). The first-order chi connectivity index (χ1) is 9.63. The predicted molar refractivity (Wildman–Crippen MR) is 75.4 cm³/mol. The van der Waals surface area contributed by atoms with Gasteiger partial charge in [0.1, 0.15) is 0 Å². The van der Waals surface area contributed by atoms with Crippen LogP contribution in [0, 0.1) is 0 Å². The van der Waals surface area contributed by atoms with Crippen LogP contribution < -0.4 is 16.2 Å². The van der Waals surface area contributed by atoms with Gasteiger partial charge >= 0.3 is 11.8 Å². The summed E-state index contributed by atoms with van der Waals surface area (Å²) >= 11 is 0. The van der Waals surface area contributed by atoms with Gasteiger partial charge in [-0.05, 0) is 19.3 Å². The van der Waals surface area contributed by atoms with Crippen LogP contribution in [0.2, 0.25) is 0 Å². The summed E-state index contributed by atoms with van der Waals surface area (Å²) in [5.41, 5.74) is 4.39. The van der Waals surface area contributed by atoms with Gasteiger partial charge in [0.25, 0.3) is 0 Å². The number of unbranched alkanes of at least 4 members (excludes halogenated alkanes) is 5. The SMILES string of the molecule is CCCCCCCCC(=O)NNC(=O)C(=O)NC1CC1. The molecule has 0 aromatic heterocycles. The largest absolute Gasteiger partial charge is 0.345 e. The molecule has 1 fully saturated rings. The van der Waals surface area contributed by atoms with E-state index in [0.717, 1.165) is 32.1 Å². The van der Waals surface area contributed by atoms with Crippen molar-refractivity contribution in [2.24, 2.45) is 0 Å². The minimum absolute atomic E-state index is 0.132. The van der Waals surface area contributed by atoms with Crippen LogP contribution in [0.3, 0.4) is 0 Å². The molecule has 0 unspecified atom stereocenters. The van der Waals surface area contributed by atoms with Crippen LogP contribution in [-0.2, 0) is 14.4 Å². The summed E-state index contributed by atoms with van der Waals surface area (Å²) in [6.07, 6.45) is 8.81. The molecule has 0 atom stereocenters. The molecule has 0 radical (unpaired) electrons. The van der Waals surface area contributed by atoms with Gasteiger partial charge in [0.15, 0.2) is 0 Å². The minimum Gasteiger partial charge on any atom is -0.345 e. The van der Waals surface area contributed by atoms with Crippen LogP contribution in [-0.4, -0.2) is 23.8 Å². The van der Waals surface area contributed by atoms with Gasteiger partial charge in [-0.25, -0.2) is 0 Å². The van der Waals surface area contributed by atoms with Crippen LogP contribution in [0.15, 0.2) is 0 Å². The molecular formula is C14H25N3O3. The number of rotatable bonds is 8. The van der Waals surface area contributed by atoms with E-state index in [-0.39, 0.29) is 11.9 Å². The van der Waals surface area contributed by atoms with E-state index in [0.29, 0.717) is 6.42 Å². The highest BCUT2D eigenvalue weighted by molar-refractivity contribution is 6.35. The van der Waals surface area contributed by atoms with Crippen molar-refractivity contribution in [3.8, 4) is 0 Å². The molecule has 0 aliphatic heterocycles. The summed E-state index contributed by atoms with van der Waals surface area (Å²) in [4.78, 5) is 34.0. The fraction of sp³-hybridized carbons (Fsp3) is 0.786. The van der Waals surface area contributed by atoms with E-state index in [4.69, 9.17) is 0 Å². The van der Waals surface area contributed by atoms with Crippen LogP contribution in [0.5, 0.6) is 0 Å². The van der Waals surface area contributed by atoms with Crippen molar-refractivity contribution in [2.75, 3.05) is 0 Å². The molecule has 6 nitrogen and oxygen atoms in total. The van der Waals surface area contributed by atoms with Gasteiger partial charge in [0.05, 0.1) is 0 Å². The van der Waals surface area contributed by atoms with E-state index in [1.165, 1.54) is 19.3 Å². The standard InChI is InChI=1S/C14H25N3O3/c1-2-3-4-5-6-7-8-12(18)16-17-14(20)13(19)15-11-9-10-11/h11H,2-10H2,1H3,(H,15,19)(H,16,18)(H,17,20). The van der Waals surface area contributed by atoms with E-state index in [1.54, 1.807) is 0 Å². The molecule has 1 aliphatic carbocycles. The Morgan fingerprint density at radius 2 is 1.55 bits per heavy atom. The molecule has 0 saturated heterocycles. The van der Waals surface area contributed by atoms with Crippen molar-refractivity contribution < 1.29 is 14.4 Å². The summed E-state index contributed by atoms with van der Waals surface area (Å²) in [5, 5.41) is 2.55. The Balaban J connectivity index is 1.98. The van der Waals surface area contributed by atoms with Crippen molar-refractivity contribution >= 4 is 17.7 Å². The fourth-order valence-electron chi connectivity index (χ4n) is 1.79. The molecular weight excluding hydrogens is 258 g/mol. The molecule has 20 heavy (non-hydrogen) atoms. The lowest BCUT2D eigenvalue weighted by molar-refractivity contribution is -0.141. The zero-order valence-electron chi connectivity index (χ0n) is 12.2. The van der Waals surface area contributed by atoms with Gasteiger partial charge in [-0.15, -0.1) is 0 Å². The lowest BCUT2D eigenvalue weighted by atomic mass is 10.1. The molecule has 0 heterocycles. The molecule has 114 valence electrons. The molecule has 3 N–H and O–H groups in total. The number of amides is 3. The van der Waals surface area contributed by atoms with E-state index in [2.05, 4.69) is 23.1 Å². The summed E-state index contributed by atoms with van der Waals surface area (Å²) in [7, 11) is 0. The number of carbonyl (C=O) groups is 3. The predicted octanol–water partition coefficient (Wildman–Crippen LogP) is 1.16. The van der Waals surface area contributed by atoms with E-state index in [9.17, 15) is 14.4 Å². The zero-order valence-corrected chi connectivity index (χ0v) is 12.2. The molecule has 0 aromatic carbocycles. The third-order valence-corrected chi connectivity index (χ3v) is 3.19. The lowest BCUT2D eigenvalue weighted by Gasteiger charge is -2.07. The molecule has 1 saturated carbocycles. The van der Waals surface area contributed by atoms with Crippen LogP contribution in [0.4, 0.5) is 0 Å². The van der Waals surface area contributed by atoms with Crippen molar-refractivity contribution in [1.82, 2.24) is 16.2 Å². The van der Waals surface area contributed by atoms with E-state index >= 15 is 0 Å². The maximum absolute atomic E-state index is 11.4. The van der Waals surface area contributed by atoms with Crippen LogP contribution in [0.25, 0.3) is 0 Å². The number of hydrogen-bond acceptors (Lipinski definition) is 3. The smallest absolute Gasteiger partial charge is 0.327 e. The Kier molecular flexibility index (Phi) is 7.69. The fourth-order valence-corrected chi connectivity index (χ4v) is 1.79. The number of nitrogens with one attached hydrogen (secondary N) is 3. The average molecular weight is 283 g/mol. The molecule has 0 spiro atoms. The Morgan fingerprint density at radius 3 is 2.20 bits per heavy atom. The lowest BCUT2D eigenvalue weighted by Crippen LogP contribution is -2.48. The van der Waals surface area contributed by atoms with E-state index < -0.39 is 11.8 Å². The molecule has 6 heteroatoms. The summed E-state index contributed by atoms with van der Waals surface area (Å²) in [5.74, 6) is -1.76. The topological polar surface area (TPSA) is 87.3 Å². The first-order valence-corrected chi connectivity index (χ1v) is 7.53. The third-order valence-electron chi connectivity index (χ3n) is 3.19. The molecule has 0 bridgehead atoms. The maximum atomic E-state index is 11.4. The Hall–Kier alpha value is -1.59. The highest BCUT2D eigenvalue weighted by Gasteiger charge is 2.26. The summed E-state index contributed by atoms with van der Waals surface area (Å²) in [6.45, 7) is 2.16. The highest BCUT2D eigenvalue weighted by atomic mass is 16.2. The van der Waals surface area contributed by atoms with Gasteiger partial charge in [-0.1, -0.05) is 39.0 Å². The summed E-state index contributed by atoms with van der Waals surface area (Å²) in [6, 6.07) is 0.132. The second kappa shape index (κ2) is 9.34. The second-order valence-electron chi connectivity index (χ2n) is 5.27. The van der Waals surface area contributed by atoms with Crippen molar-refractivity contribution in [1.29, 1.82) is 0 Å². The van der Waals surface area contributed by atoms with Gasteiger partial charge < -0.3 is 5.32 Å². The first-order valence-electron chi connectivity index (χ1n) is 7.53. The zero-order chi connectivity index (χ0) is 14.8. The van der Waals surface area contributed by atoms with Gasteiger partial charge in [-0.3, -0.25) is 25.2 Å². The van der Waals surface area contributed by atoms with Crippen molar-refractivity contribution in [3.05, 3.63) is 0 Å². The van der Waals surface area contributed by atoms with Gasteiger partial charge in [0.2, 0.25) is 5.91 Å². The monoisotopic (exact) mass is 283 g/mol. The Bertz CT molecular complexity index is 341. The number of carbonyl (C=O) groups excluding carboxylic acids is 3. The average Bonchev–Trinajstić information content (AvgIpc) is 3.23. The Labute approximate surface area is 120 Å². The van der Waals surface area contributed by atoms with E-state index in [1.807, 2.05) is 0 Å². The highest BCUT2D eigenvalue weighted by Crippen LogP contribution is 2.18.